The normalized spacial score (nSPS) is 11.6. The van der Waals surface area contributed by atoms with Crippen molar-refractivity contribution in [3.63, 3.8) is 0 Å². The number of likely N-dealkylation sites (N-methyl/N-ethyl adjacent to an activating group) is 1. The zero-order valence-electron chi connectivity index (χ0n) is 13.8. The smallest absolute Gasteiger partial charge is 0.325 e. The number of halogens is 4. The molecule has 2 aromatic rings. The SMILES string of the molecule is Cc1ccc(F)cc1NC(=O)CN(C)Cc1ccc(C(F)(F)F)cc1. The van der Waals surface area contributed by atoms with Gasteiger partial charge in [0.25, 0.3) is 0 Å². The van der Waals surface area contributed by atoms with Gasteiger partial charge in [-0.05, 0) is 49.4 Å². The minimum atomic E-state index is -4.37. The van der Waals surface area contributed by atoms with Gasteiger partial charge in [0, 0.05) is 12.2 Å². The zero-order chi connectivity index (χ0) is 18.6. The minimum Gasteiger partial charge on any atom is -0.325 e. The summed E-state index contributed by atoms with van der Waals surface area (Å²) in [6.07, 6.45) is -4.37. The lowest BCUT2D eigenvalue weighted by Crippen LogP contribution is -2.30. The van der Waals surface area contributed by atoms with E-state index in [-0.39, 0.29) is 12.5 Å². The van der Waals surface area contributed by atoms with Crippen LogP contribution in [-0.2, 0) is 17.5 Å². The highest BCUT2D eigenvalue weighted by atomic mass is 19.4. The largest absolute Gasteiger partial charge is 0.416 e. The van der Waals surface area contributed by atoms with Crippen molar-refractivity contribution in [3.8, 4) is 0 Å². The van der Waals surface area contributed by atoms with Crippen molar-refractivity contribution in [2.45, 2.75) is 19.6 Å². The highest BCUT2D eigenvalue weighted by Crippen LogP contribution is 2.29. The molecule has 2 aromatic carbocycles. The summed E-state index contributed by atoms with van der Waals surface area (Å²) >= 11 is 0. The minimum absolute atomic E-state index is 0.0248. The van der Waals surface area contributed by atoms with Crippen molar-refractivity contribution in [3.05, 3.63) is 65.0 Å². The maximum Gasteiger partial charge on any atom is 0.416 e. The molecule has 0 unspecified atom stereocenters. The Bertz CT molecular complexity index is 742. The highest BCUT2D eigenvalue weighted by molar-refractivity contribution is 5.92. The summed E-state index contributed by atoms with van der Waals surface area (Å²) in [5.41, 5.74) is 1.08. The van der Waals surface area contributed by atoms with Crippen LogP contribution < -0.4 is 5.32 Å². The Hall–Kier alpha value is -2.41. The molecule has 0 aliphatic heterocycles. The van der Waals surface area contributed by atoms with Crippen LogP contribution in [0.2, 0.25) is 0 Å². The molecule has 0 saturated carbocycles. The van der Waals surface area contributed by atoms with Crippen molar-refractivity contribution in [2.24, 2.45) is 0 Å². The molecule has 0 bridgehead atoms. The number of anilines is 1. The summed E-state index contributed by atoms with van der Waals surface area (Å²) < 4.78 is 50.8. The van der Waals surface area contributed by atoms with Crippen LogP contribution in [0, 0.1) is 12.7 Å². The summed E-state index contributed by atoms with van der Waals surface area (Å²) in [6.45, 7) is 2.09. The Morgan fingerprint density at radius 1 is 1.12 bits per heavy atom. The Labute approximate surface area is 143 Å². The molecular formula is C18H18F4N2O. The third kappa shape index (κ3) is 5.56. The molecule has 1 amide bonds. The van der Waals surface area contributed by atoms with Crippen LogP contribution >= 0.6 is 0 Å². The van der Waals surface area contributed by atoms with Gasteiger partial charge in [0.2, 0.25) is 5.91 Å². The number of amides is 1. The first-order valence-electron chi connectivity index (χ1n) is 7.56. The van der Waals surface area contributed by atoms with Crippen LogP contribution in [0.15, 0.2) is 42.5 Å². The van der Waals surface area contributed by atoms with Crippen molar-refractivity contribution in [1.29, 1.82) is 0 Å². The van der Waals surface area contributed by atoms with E-state index in [2.05, 4.69) is 5.32 Å². The van der Waals surface area contributed by atoms with Crippen LogP contribution in [0.3, 0.4) is 0 Å². The predicted molar refractivity (Wildman–Crippen MR) is 87.5 cm³/mol. The maximum absolute atomic E-state index is 13.2. The summed E-state index contributed by atoms with van der Waals surface area (Å²) in [4.78, 5) is 13.7. The molecule has 25 heavy (non-hydrogen) atoms. The van der Waals surface area contributed by atoms with Crippen LogP contribution in [0.5, 0.6) is 0 Å². The number of rotatable bonds is 5. The van der Waals surface area contributed by atoms with Crippen LogP contribution in [0.4, 0.5) is 23.2 Å². The molecule has 7 heteroatoms. The second-order valence-electron chi connectivity index (χ2n) is 5.87. The first kappa shape index (κ1) is 18.9. The summed E-state index contributed by atoms with van der Waals surface area (Å²) in [6, 6.07) is 8.91. The number of carbonyl (C=O) groups excluding carboxylic acids is 1. The van der Waals surface area contributed by atoms with Gasteiger partial charge in [-0.2, -0.15) is 13.2 Å². The van der Waals surface area contributed by atoms with Gasteiger partial charge < -0.3 is 5.32 Å². The second kappa shape index (κ2) is 7.65. The molecule has 0 spiro atoms. The van der Waals surface area contributed by atoms with Crippen molar-refractivity contribution >= 4 is 11.6 Å². The van der Waals surface area contributed by atoms with E-state index < -0.39 is 17.6 Å². The number of alkyl halides is 3. The number of aryl methyl sites for hydroxylation is 1. The van der Waals surface area contributed by atoms with Gasteiger partial charge in [-0.15, -0.1) is 0 Å². The van der Waals surface area contributed by atoms with E-state index in [4.69, 9.17) is 0 Å². The van der Waals surface area contributed by atoms with Gasteiger partial charge in [-0.1, -0.05) is 18.2 Å². The molecule has 0 fully saturated rings. The van der Waals surface area contributed by atoms with E-state index in [9.17, 15) is 22.4 Å². The van der Waals surface area contributed by atoms with E-state index in [1.807, 2.05) is 0 Å². The number of benzene rings is 2. The Morgan fingerprint density at radius 2 is 1.76 bits per heavy atom. The van der Waals surface area contributed by atoms with Gasteiger partial charge in [0.1, 0.15) is 5.82 Å². The lowest BCUT2D eigenvalue weighted by Gasteiger charge is -2.17. The van der Waals surface area contributed by atoms with Crippen LogP contribution in [-0.4, -0.2) is 24.4 Å². The predicted octanol–water partition coefficient (Wildman–Crippen LogP) is 4.22. The molecule has 134 valence electrons. The number of carbonyl (C=O) groups is 1. The first-order valence-corrected chi connectivity index (χ1v) is 7.56. The average Bonchev–Trinajstić information content (AvgIpc) is 2.50. The average molecular weight is 354 g/mol. The van der Waals surface area contributed by atoms with Gasteiger partial charge in [-0.3, -0.25) is 9.69 Å². The Balaban J connectivity index is 1.92. The monoisotopic (exact) mass is 354 g/mol. The number of hydrogen-bond acceptors (Lipinski definition) is 2. The van der Waals surface area contributed by atoms with Gasteiger partial charge >= 0.3 is 6.18 Å². The van der Waals surface area contributed by atoms with E-state index in [1.165, 1.54) is 24.3 Å². The molecule has 0 radical (unpaired) electrons. The fourth-order valence-corrected chi connectivity index (χ4v) is 2.33. The second-order valence-corrected chi connectivity index (χ2v) is 5.87. The lowest BCUT2D eigenvalue weighted by molar-refractivity contribution is -0.137. The van der Waals surface area contributed by atoms with E-state index in [0.717, 1.165) is 17.7 Å². The summed E-state index contributed by atoms with van der Waals surface area (Å²) in [5, 5.41) is 2.63. The highest BCUT2D eigenvalue weighted by Gasteiger charge is 2.29. The lowest BCUT2D eigenvalue weighted by atomic mass is 10.1. The molecule has 2 rings (SSSR count). The number of hydrogen-bond donors (Lipinski definition) is 1. The molecule has 0 aliphatic carbocycles. The van der Waals surface area contributed by atoms with Crippen LogP contribution in [0.1, 0.15) is 16.7 Å². The molecule has 0 aromatic heterocycles. The fraction of sp³-hybridized carbons (Fsp3) is 0.278. The topological polar surface area (TPSA) is 32.3 Å². The maximum atomic E-state index is 13.2. The molecular weight excluding hydrogens is 336 g/mol. The standard InChI is InChI=1S/C18H18F4N2O/c1-12-3-8-15(19)9-16(12)23-17(25)11-24(2)10-13-4-6-14(7-5-13)18(20,21)22/h3-9H,10-11H2,1-2H3,(H,23,25). The molecule has 0 atom stereocenters. The van der Waals surface area contributed by atoms with Gasteiger partial charge in [0.15, 0.2) is 0 Å². The molecule has 0 saturated heterocycles. The molecule has 3 nitrogen and oxygen atoms in total. The van der Waals surface area contributed by atoms with Crippen molar-refractivity contribution in [2.75, 3.05) is 18.9 Å². The third-order valence-corrected chi connectivity index (χ3v) is 3.62. The van der Waals surface area contributed by atoms with Crippen LogP contribution in [0.25, 0.3) is 0 Å². The summed E-state index contributed by atoms with van der Waals surface area (Å²) in [5.74, 6) is -0.776. The van der Waals surface area contributed by atoms with Crippen molar-refractivity contribution < 1.29 is 22.4 Å². The van der Waals surface area contributed by atoms with Gasteiger partial charge in [0.05, 0.1) is 12.1 Å². The molecule has 0 aliphatic rings. The number of nitrogens with zero attached hydrogens (tertiary/aromatic N) is 1. The Kier molecular flexibility index (Phi) is 5.79. The molecule has 1 N–H and O–H groups in total. The van der Waals surface area contributed by atoms with E-state index in [1.54, 1.807) is 24.9 Å². The first-order chi connectivity index (χ1) is 11.6. The quantitative estimate of drug-likeness (QED) is 0.816. The van der Waals surface area contributed by atoms with Crippen molar-refractivity contribution in [1.82, 2.24) is 4.90 Å². The van der Waals surface area contributed by atoms with E-state index >= 15 is 0 Å². The van der Waals surface area contributed by atoms with Gasteiger partial charge in [-0.25, -0.2) is 4.39 Å². The fourth-order valence-electron chi connectivity index (χ4n) is 2.33. The summed E-state index contributed by atoms with van der Waals surface area (Å²) in [7, 11) is 1.68. The van der Waals surface area contributed by atoms with E-state index in [0.29, 0.717) is 17.8 Å². The molecule has 0 heterocycles. The third-order valence-electron chi connectivity index (χ3n) is 3.62. The Morgan fingerprint density at radius 3 is 2.36 bits per heavy atom. The number of nitrogens with one attached hydrogen (secondary N) is 1. The zero-order valence-corrected chi connectivity index (χ0v) is 13.8.